The SMILES string of the molecule is COC(=O)CCCC=S(C)(=O)NC(=O)c1cnc(N)c(C#Cc2cccc(C(=O)Nc3cc(C)ccc3F)c2)c1. The highest BCUT2D eigenvalue weighted by atomic mass is 32.2. The number of hydrogen-bond donors (Lipinski definition) is 3. The Morgan fingerprint density at radius 2 is 1.88 bits per heavy atom. The van der Waals surface area contributed by atoms with Crippen LogP contribution in [-0.2, 0) is 19.2 Å². The van der Waals surface area contributed by atoms with E-state index >= 15 is 0 Å². The first-order valence-electron chi connectivity index (χ1n) is 12.1. The van der Waals surface area contributed by atoms with Gasteiger partial charge in [-0.05, 0) is 67.1 Å². The lowest BCUT2D eigenvalue weighted by molar-refractivity contribution is -0.140. The molecule has 0 radical (unpaired) electrons. The summed E-state index contributed by atoms with van der Waals surface area (Å²) >= 11 is 0. The summed E-state index contributed by atoms with van der Waals surface area (Å²) in [6.45, 7) is 1.79. The number of rotatable bonds is 8. The summed E-state index contributed by atoms with van der Waals surface area (Å²) in [6, 6.07) is 12.3. The summed E-state index contributed by atoms with van der Waals surface area (Å²) < 4.78 is 33.8. The molecule has 0 aliphatic carbocycles. The number of anilines is 2. The highest BCUT2D eigenvalue weighted by Crippen LogP contribution is 2.17. The summed E-state index contributed by atoms with van der Waals surface area (Å²) in [5.74, 6) is 3.77. The van der Waals surface area contributed by atoms with E-state index in [0.29, 0.717) is 18.4 Å². The monoisotopic (exact) mass is 564 g/mol. The number of esters is 1. The molecule has 40 heavy (non-hydrogen) atoms. The fourth-order valence-corrected chi connectivity index (χ4v) is 4.63. The van der Waals surface area contributed by atoms with Crippen LogP contribution in [0, 0.1) is 24.6 Å². The first-order valence-corrected chi connectivity index (χ1v) is 14.2. The molecule has 11 heteroatoms. The van der Waals surface area contributed by atoms with Crippen LogP contribution in [0.15, 0.2) is 54.7 Å². The van der Waals surface area contributed by atoms with Gasteiger partial charge in [0.05, 0.1) is 23.9 Å². The van der Waals surface area contributed by atoms with Crippen LogP contribution in [0.3, 0.4) is 0 Å². The normalized spacial score (nSPS) is 11.8. The molecule has 2 aromatic carbocycles. The lowest BCUT2D eigenvalue weighted by Gasteiger charge is -2.09. The second-order valence-corrected chi connectivity index (χ2v) is 11.2. The van der Waals surface area contributed by atoms with Crippen LogP contribution in [0.2, 0.25) is 0 Å². The number of methoxy groups -OCH3 is 1. The zero-order valence-electron chi connectivity index (χ0n) is 22.2. The van der Waals surface area contributed by atoms with Crippen molar-refractivity contribution in [2.24, 2.45) is 0 Å². The predicted molar refractivity (Wildman–Crippen MR) is 154 cm³/mol. The fourth-order valence-electron chi connectivity index (χ4n) is 3.45. The number of aryl methyl sites for hydroxylation is 1. The quantitative estimate of drug-likeness (QED) is 0.165. The number of benzene rings is 2. The second-order valence-electron chi connectivity index (χ2n) is 8.90. The maximum atomic E-state index is 14.0. The molecule has 9 nitrogen and oxygen atoms in total. The van der Waals surface area contributed by atoms with Crippen molar-refractivity contribution in [2.75, 3.05) is 24.4 Å². The van der Waals surface area contributed by atoms with E-state index < -0.39 is 27.3 Å². The first-order chi connectivity index (χ1) is 19.0. The van der Waals surface area contributed by atoms with E-state index in [1.54, 1.807) is 37.3 Å². The number of carbonyl (C=O) groups is 3. The number of amides is 2. The second kappa shape index (κ2) is 13.4. The van der Waals surface area contributed by atoms with E-state index in [4.69, 9.17) is 5.73 Å². The molecule has 1 aromatic heterocycles. The molecule has 0 bridgehead atoms. The Morgan fingerprint density at radius 3 is 2.62 bits per heavy atom. The Hall–Kier alpha value is -4.69. The van der Waals surface area contributed by atoms with Crippen molar-refractivity contribution < 1.29 is 27.7 Å². The molecule has 3 aromatic rings. The third kappa shape index (κ3) is 8.68. The molecular formula is C29H29FN4O5S. The molecule has 2 amide bonds. The summed E-state index contributed by atoms with van der Waals surface area (Å²) in [5, 5.41) is 4.01. The molecule has 0 saturated carbocycles. The average Bonchev–Trinajstić information content (AvgIpc) is 2.92. The number of nitrogens with zero attached hydrogens (tertiary/aromatic N) is 1. The van der Waals surface area contributed by atoms with E-state index in [1.807, 2.05) is 0 Å². The highest BCUT2D eigenvalue weighted by Gasteiger charge is 2.13. The van der Waals surface area contributed by atoms with E-state index in [2.05, 4.69) is 31.6 Å². The van der Waals surface area contributed by atoms with Crippen LogP contribution in [0.5, 0.6) is 0 Å². The van der Waals surface area contributed by atoms with Crippen LogP contribution in [0.1, 0.15) is 56.7 Å². The lowest BCUT2D eigenvalue weighted by atomic mass is 10.1. The van der Waals surface area contributed by atoms with Gasteiger partial charge in [-0.25, -0.2) is 13.6 Å². The Balaban J connectivity index is 1.73. The van der Waals surface area contributed by atoms with E-state index in [9.17, 15) is 23.0 Å². The molecule has 0 spiro atoms. The number of nitrogens with two attached hydrogens (primary N) is 1. The number of unbranched alkanes of at least 4 members (excludes halogenated alkanes) is 1. The molecule has 4 N–H and O–H groups in total. The van der Waals surface area contributed by atoms with Gasteiger partial charge in [-0.15, -0.1) is 0 Å². The fraction of sp³-hybridized carbons (Fsp3) is 0.207. The molecule has 208 valence electrons. The van der Waals surface area contributed by atoms with Crippen molar-refractivity contribution in [3.8, 4) is 11.8 Å². The smallest absolute Gasteiger partial charge is 0.305 e. The topological polar surface area (TPSA) is 140 Å². The predicted octanol–water partition coefficient (Wildman–Crippen LogP) is 3.47. The van der Waals surface area contributed by atoms with Crippen LogP contribution >= 0.6 is 0 Å². The van der Waals surface area contributed by atoms with Crippen molar-refractivity contribution in [1.82, 2.24) is 9.71 Å². The molecule has 0 aliphatic heterocycles. The Labute approximate surface area is 232 Å². The highest BCUT2D eigenvalue weighted by molar-refractivity contribution is 7.99. The van der Waals surface area contributed by atoms with Gasteiger partial charge < -0.3 is 15.8 Å². The summed E-state index contributed by atoms with van der Waals surface area (Å²) in [5.41, 5.74) is 7.92. The third-order valence-corrected chi connectivity index (χ3v) is 7.02. The number of halogens is 1. The van der Waals surface area contributed by atoms with E-state index in [-0.39, 0.29) is 40.6 Å². The Kier molecular flexibility index (Phi) is 10.00. The number of hydrogen-bond acceptors (Lipinski definition) is 7. The molecule has 1 heterocycles. The third-order valence-electron chi connectivity index (χ3n) is 5.56. The number of aromatic nitrogens is 1. The lowest BCUT2D eigenvalue weighted by Crippen LogP contribution is -2.31. The average molecular weight is 565 g/mol. The minimum Gasteiger partial charge on any atom is -0.469 e. The van der Waals surface area contributed by atoms with Crippen LogP contribution in [0.25, 0.3) is 0 Å². The Morgan fingerprint density at radius 1 is 1.10 bits per heavy atom. The summed E-state index contributed by atoms with van der Waals surface area (Å²) in [7, 11) is -1.54. The molecule has 0 fully saturated rings. The van der Waals surface area contributed by atoms with Crippen molar-refractivity contribution in [2.45, 2.75) is 26.2 Å². The van der Waals surface area contributed by atoms with Gasteiger partial charge in [0.25, 0.3) is 11.8 Å². The number of nitrogens with one attached hydrogen (secondary N) is 2. The number of carbonyl (C=O) groups excluding carboxylic acids is 3. The largest absolute Gasteiger partial charge is 0.469 e. The minimum atomic E-state index is -2.84. The molecule has 0 saturated heterocycles. The van der Waals surface area contributed by atoms with Gasteiger partial charge >= 0.3 is 5.97 Å². The zero-order chi connectivity index (χ0) is 29.3. The van der Waals surface area contributed by atoms with Gasteiger partial charge in [0.15, 0.2) is 0 Å². The van der Waals surface area contributed by atoms with Crippen LogP contribution in [-0.4, -0.2) is 45.7 Å². The van der Waals surface area contributed by atoms with E-state index in [1.165, 1.54) is 43.1 Å². The van der Waals surface area contributed by atoms with Crippen molar-refractivity contribution in [3.63, 3.8) is 0 Å². The Bertz CT molecular complexity index is 1630. The summed E-state index contributed by atoms with van der Waals surface area (Å²) in [4.78, 5) is 40.6. The molecular weight excluding hydrogens is 535 g/mol. The zero-order valence-corrected chi connectivity index (χ0v) is 23.1. The van der Waals surface area contributed by atoms with Gasteiger partial charge in [0, 0.05) is 39.7 Å². The van der Waals surface area contributed by atoms with Gasteiger partial charge in [-0.1, -0.05) is 24.0 Å². The molecule has 1 unspecified atom stereocenters. The number of nitrogen functional groups attached to an aromatic ring is 1. The standard InChI is InChI=1S/C29H29FN4O5S/c1-19-10-13-24(30)25(15-19)33-28(36)22-8-6-7-20(16-22)11-12-21-17-23(18-32-27(21)31)29(37)34-40(3,38)14-5-4-9-26(35)39-2/h6-8,10,13-18H,4-5,9H2,1-3H3,(H2,31,32)(H,33,36)(H,34,37,38). The minimum absolute atomic E-state index is 0.0743. The van der Waals surface area contributed by atoms with Crippen LogP contribution < -0.4 is 15.8 Å². The summed E-state index contributed by atoms with van der Waals surface area (Å²) in [6.07, 6.45) is 3.59. The molecule has 1 atom stereocenters. The molecule has 3 rings (SSSR count). The van der Waals surface area contributed by atoms with Gasteiger partial charge in [-0.2, -0.15) is 0 Å². The van der Waals surface area contributed by atoms with Crippen molar-refractivity contribution >= 4 is 44.4 Å². The first kappa shape index (κ1) is 29.9. The van der Waals surface area contributed by atoms with Gasteiger partial charge in [0.2, 0.25) is 0 Å². The number of pyridine rings is 1. The van der Waals surface area contributed by atoms with Crippen molar-refractivity contribution in [1.29, 1.82) is 0 Å². The van der Waals surface area contributed by atoms with Gasteiger partial charge in [-0.3, -0.25) is 19.1 Å². The van der Waals surface area contributed by atoms with Gasteiger partial charge in [0.1, 0.15) is 11.6 Å². The molecule has 0 aliphatic rings. The maximum Gasteiger partial charge on any atom is 0.305 e. The van der Waals surface area contributed by atoms with Crippen molar-refractivity contribution in [3.05, 3.63) is 88.4 Å². The van der Waals surface area contributed by atoms with E-state index in [0.717, 1.165) is 5.56 Å². The number of ether oxygens (including phenoxy) is 1. The maximum absolute atomic E-state index is 14.0. The van der Waals surface area contributed by atoms with Crippen LogP contribution in [0.4, 0.5) is 15.9 Å².